The lowest BCUT2D eigenvalue weighted by atomic mass is 9.98. The summed E-state index contributed by atoms with van der Waals surface area (Å²) >= 11 is 6.17. The van der Waals surface area contributed by atoms with Gasteiger partial charge in [0.25, 0.3) is 0 Å². The molecule has 0 bridgehead atoms. The summed E-state index contributed by atoms with van der Waals surface area (Å²) < 4.78 is 0. The van der Waals surface area contributed by atoms with Gasteiger partial charge in [-0.15, -0.1) is 0 Å². The molecule has 0 saturated carbocycles. The third-order valence-electron chi connectivity index (χ3n) is 2.89. The van der Waals surface area contributed by atoms with E-state index >= 15 is 0 Å². The summed E-state index contributed by atoms with van der Waals surface area (Å²) in [5.74, 6) is 0. The molecule has 1 radical (unpaired) electrons. The molecule has 13 heavy (non-hydrogen) atoms. The van der Waals surface area contributed by atoms with Crippen LogP contribution in [0.25, 0.3) is 0 Å². The van der Waals surface area contributed by atoms with Crippen molar-refractivity contribution < 1.29 is 0 Å². The maximum atomic E-state index is 6.17. The Bertz CT molecular complexity index is 255. The van der Waals surface area contributed by atoms with Crippen LogP contribution in [0.1, 0.15) is 19.3 Å². The van der Waals surface area contributed by atoms with E-state index in [4.69, 9.17) is 11.6 Å². The van der Waals surface area contributed by atoms with Gasteiger partial charge in [0, 0.05) is 11.1 Å². The molecule has 2 heteroatoms. The van der Waals surface area contributed by atoms with Gasteiger partial charge in [-0.3, -0.25) is 4.90 Å². The van der Waals surface area contributed by atoms with Crippen LogP contribution in [-0.4, -0.2) is 24.5 Å². The van der Waals surface area contributed by atoms with Gasteiger partial charge in [0.2, 0.25) is 0 Å². The van der Waals surface area contributed by atoms with Gasteiger partial charge in [-0.2, -0.15) is 0 Å². The third-order valence-corrected chi connectivity index (χ3v) is 3.26. The first kappa shape index (κ1) is 9.29. The van der Waals surface area contributed by atoms with Crippen LogP contribution in [0.4, 0.5) is 0 Å². The Kier molecular flexibility index (Phi) is 2.75. The van der Waals surface area contributed by atoms with E-state index in [0.29, 0.717) is 6.04 Å². The van der Waals surface area contributed by atoms with E-state index in [-0.39, 0.29) is 0 Å². The third kappa shape index (κ3) is 1.82. The molecule has 0 N–H and O–H groups in total. The van der Waals surface area contributed by atoms with E-state index in [1.807, 2.05) is 0 Å². The number of halogens is 1. The molecule has 2 aliphatic rings. The lowest BCUT2D eigenvalue weighted by Crippen LogP contribution is -2.27. The zero-order valence-electron chi connectivity index (χ0n) is 7.96. The molecule has 1 fully saturated rings. The standard InChI is InChI=1S/C11H15ClN/c1-13-8-4-7-11(13)9-5-2-3-6-10(9)12/h2,5-6,11H,3-4,7-8H2,1H3. The van der Waals surface area contributed by atoms with Crippen LogP contribution in [0.15, 0.2) is 22.8 Å². The Morgan fingerprint density at radius 2 is 2.38 bits per heavy atom. The number of likely N-dealkylation sites (tertiary alicyclic amines) is 1. The quantitative estimate of drug-likeness (QED) is 0.624. The second-order valence-corrected chi connectivity index (χ2v) is 4.19. The van der Waals surface area contributed by atoms with Gasteiger partial charge in [0.15, 0.2) is 0 Å². The van der Waals surface area contributed by atoms with E-state index in [1.54, 1.807) is 0 Å². The first-order chi connectivity index (χ1) is 6.29. The highest BCUT2D eigenvalue weighted by atomic mass is 35.5. The highest BCUT2D eigenvalue weighted by Crippen LogP contribution is 2.31. The van der Waals surface area contributed by atoms with Gasteiger partial charge in [-0.1, -0.05) is 23.8 Å². The molecule has 1 nitrogen and oxygen atoms in total. The Hall–Kier alpha value is -0.270. The van der Waals surface area contributed by atoms with Crippen LogP contribution >= 0.6 is 11.6 Å². The summed E-state index contributed by atoms with van der Waals surface area (Å²) in [6.07, 6.45) is 10.0. The van der Waals surface area contributed by atoms with Crippen molar-refractivity contribution in [3.05, 3.63) is 29.2 Å². The normalized spacial score (nSPS) is 30.2. The van der Waals surface area contributed by atoms with Crippen LogP contribution < -0.4 is 0 Å². The van der Waals surface area contributed by atoms with E-state index in [1.165, 1.54) is 25.0 Å². The van der Waals surface area contributed by atoms with Gasteiger partial charge in [0.05, 0.1) is 0 Å². The zero-order valence-corrected chi connectivity index (χ0v) is 8.72. The lowest BCUT2D eigenvalue weighted by molar-refractivity contribution is 0.347. The van der Waals surface area contributed by atoms with E-state index in [0.717, 1.165) is 11.5 Å². The van der Waals surface area contributed by atoms with Crippen molar-refractivity contribution in [2.75, 3.05) is 13.6 Å². The van der Waals surface area contributed by atoms with Gasteiger partial charge >= 0.3 is 0 Å². The molecule has 1 aliphatic heterocycles. The highest BCUT2D eigenvalue weighted by molar-refractivity contribution is 6.32. The summed E-state index contributed by atoms with van der Waals surface area (Å²) in [6.45, 7) is 1.20. The van der Waals surface area contributed by atoms with Crippen molar-refractivity contribution in [3.8, 4) is 0 Å². The fourth-order valence-corrected chi connectivity index (χ4v) is 2.42. The van der Waals surface area contributed by atoms with Gasteiger partial charge in [0.1, 0.15) is 0 Å². The topological polar surface area (TPSA) is 3.24 Å². The van der Waals surface area contributed by atoms with Crippen LogP contribution in [0.5, 0.6) is 0 Å². The minimum Gasteiger partial charge on any atom is -0.299 e. The SMILES string of the molecule is CN1CCCC1C1=C[CH]CC=C1Cl. The van der Waals surface area contributed by atoms with Crippen LogP contribution in [0.3, 0.4) is 0 Å². The Labute approximate surface area is 85.1 Å². The van der Waals surface area contributed by atoms with Gasteiger partial charge < -0.3 is 0 Å². The predicted molar refractivity (Wildman–Crippen MR) is 56.6 cm³/mol. The number of hydrogen-bond donors (Lipinski definition) is 0. The monoisotopic (exact) mass is 196 g/mol. The molecule has 0 aromatic rings. The molecule has 0 aromatic carbocycles. The highest BCUT2D eigenvalue weighted by Gasteiger charge is 2.26. The van der Waals surface area contributed by atoms with Crippen LogP contribution in [0, 0.1) is 6.42 Å². The second kappa shape index (κ2) is 3.85. The summed E-state index contributed by atoms with van der Waals surface area (Å²) in [5, 5.41) is 0.959. The number of likely N-dealkylation sites (N-methyl/N-ethyl adjacent to an activating group) is 1. The molecule has 0 aromatic heterocycles. The van der Waals surface area contributed by atoms with E-state index in [9.17, 15) is 0 Å². The maximum absolute atomic E-state index is 6.17. The average Bonchev–Trinajstić information content (AvgIpc) is 2.52. The molecule has 2 rings (SSSR count). The molecule has 1 unspecified atom stereocenters. The summed E-state index contributed by atoms with van der Waals surface area (Å²) in [7, 11) is 2.18. The van der Waals surface area contributed by atoms with Crippen LogP contribution in [-0.2, 0) is 0 Å². The Balaban J connectivity index is 2.15. The van der Waals surface area contributed by atoms with Gasteiger partial charge in [-0.05, 0) is 44.8 Å². The van der Waals surface area contributed by atoms with E-state index in [2.05, 4.69) is 30.5 Å². The Morgan fingerprint density at radius 3 is 3.00 bits per heavy atom. The maximum Gasteiger partial charge on any atom is 0.0411 e. The van der Waals surface area contributed by atoms with Gasteiger partial charge in [-0.25, -0.2) is 0 Å². The number of nitrogens with zero attached hydrogens (tertiary/aromatic N) is 1. The fourth-order valence-electron chi connectivity index (χ4n) is 2.14. The largest absolute Gasteiger partial charge is 0.299 e. The second-order valence-electron chi connectivity index (χ2n) is 3.78. The molecular formula is C11H15ClN. The molecule has 71 valence electrons. The number of hydrogen-bond acceptors (Lipinski definition) is 1. The minimum atomic E-state index is 0.556. The molecule has 1 aliphatic carbocycles. The summed E-state index contributed by atoms with van der Waals surface area (Å²) in [5.41, 5.74) is 1.31. The fraction of sp³-hybridized carbons (Fsp3) is 0.545. The number of allylic oxidation sites excluding steroid dienone is 2. The first-order valence-corrected chi connectivity index (χ1v) is 5.26. The van der Waals surface area contributed by atoms with Crippen molar-refractivity contribution in [2.24, 2.45) is 0 Å². The number of rotatable bonds is 1. The molecule has 0 spiro atoms. The molecule has 1 atom stereocenters. The van der Waals surface area contributed by atoms with Crippen molar-refractivity contribution in [1.82, 2.24) is 4.90 Å². The van der Waals surface area contributed by atoms with Crippen molar-refractivity contribution in [2.45, 2.75) is 25.3 Å². The van der Waals surface area contributed by atoms with E-state index < -0.39 is 0 Å². The lowest BCUT2D eigenvalue weighted by Gasteiger charge is -2.24. The summed E-state index contributed by atoms with van der Waals surface area (Å²) in [4.78, 5) is 2.39. The Morgan fingerprint density at radius 1 is 1.54 bits per heavy atom. The molecule has 0 amide bonds. The van der Waals surface area contributed by atoms with Crippen molar-refractivity contribution >= 4 is 11.6 Å². The minimum absolute atomic E-state index is 0.556. The smallest absolute Gasteiger partial charge is 0.0411 e. The predicted octanol–water partition coefficient (Wildman–Crippen LogP) is 2.74. The molecule has 1 saturated heterocycles. The van der Waals surface area contributed by atoms with Crippen molar-refractivity contribution in [1.29, 1.82) is 0 Å². The van der Waals surface area contributed by atoms with Crippen molar-refractivity contribution in [3.63, 3.8) is 0 Å². The average molecular weight is 197 g/mol. The summed E-state index contributed by atoms with van der Waals surface area (Å²) in [6, 6.07) is 0.556. The molecular weight excluding hydrogens is 182 g/mol. The first-order valence-electron chi connectivity index (χ1n) is 4.88. The molecule has 1 heterocycles. The zero-order chi connectivity index (χ0) is 9.26. The van der Waals surface area contributed by atoms with Crippen LogP contribution in [0.2, 0.25) is 0 Å².